The number of benzene rings is 3. The summed E-state index contributed by atoms with van der Waals surface area (Å²) < 4.78 is 42.6. The van der Waals surface area contributed by atoms with Crippen LogP contribution in [0.15, 0.2) is 48.5 Å². The van der Waals surface area contributed by atoms with E-state index >= 15 is 0 Å². The largest absolute Gasteiger partial charge is 0.457 e. The molecule has 8 aliphatic rings. The first-order valence-electron chi connectivity index (χ1n) is 16.9. The molecule has 0 unspecified atom stereocenters. The molecule has 0 aromatic heterocycles. The maximum atomic E-state index is 14.6. The molecule has 3 aromatic carbocycles. The van der Waals surface area contributed by atoms with Crippen LogP contribution < -0.4 is 20.9 Å². The second-order valence-corrected chi connectivity index (χ2v) is 15.8. The first-order valence-corrected chi connectivity index (χ1v) is 16.9. The highest BCUT2D eigenvalue weighted by Crippen LogP contribution is 2.66. The minimum atomic E-state index is -0.488. The molecule has 0 aliphatic heterocycles. The van der Waals surface area contributed by atoms with Crippen molar-refractivity contribution >= 4 is 11.4 Å². The van der Waals surface area contributed by atoms with Gasteiger partial charge in [0, 0.05) is 29.3 Å². The molecule has 0 atom stereocenters. The molecule has 8 saturated carbocycles. The Bertz CT molecular complexity index is 1460. The van der Waals surface area contributed by atoms with E-state index in [2.05, 4.69) is 12.1 Å². The van der Waals surface area contributed by atoms with Crippen molar-refractivity contribution in [1.29, 1.82) is 0 Å². The van der Waals surface area contributed by atoms with Gasteiger partial charge in [0.15, 0.2) is 0 Å². The average Bonchev–Trinajstić information content (AvgIpc) is 2.95. The average molecular weight is 597 g/mol. The van der Waals surface area contributed by atoms with Crippen LogP contribution in [0.2, 0.25) is 0 Å². The normalized spacial score (nSPS) is 36.1. The number of nitrogens with two attached hydrogens (primary N) is 2. The van der Waals surface area contributed by atoms with E-state index in [1.807, 2.05) is 0 Å². The predicted octanol–water partition coefficient (Wildman–Crippen LogP) is 9.65. The maximum absolute atomic E-state index is 14.6. The van der Waals surface area contributed by atoms with Gasteiger partial charge in [0.1, 0.15) is 34.6 Å². The van der Waals surface area contributed by atoms with Gasteiger partial charge in [0.25, 0.3) is 0 Å². The van der Waals surface area contributed by atoms with Crippen LogP contribution in [0, 0.1) is 47.1 Å². The lowest BCUT2D eigenvalue weighted by Crippen LogP contribution is -2.50. The zero-order valence-corrected chi connectivity index (χ0v) is 25.3. The molecule has 8 fully saturated rings. The molecule has 6 heteroatoms. The molecule has 4 nitrogen and oxygen atoms in total. The number of anilines is 2. The van der Waals surface area contributed by atoms with Crippen LogP contribution in [0.1, 0.15) is 88.2 Å². The lowest BCUT2D eigenvalue weighted by Gasteiger charge is -2.58. The number of hydrogen-bond donors (Lipinski definition) is 2. The molecule has 0 heterocycles. The fourth-order valence-corrected chi connectivity index (χ4v) is 11.8. The molecule has 0 saturated heterocycles. The van der Waals surface area contributed by atoms with Crippen molar-refractivity contribution in [3.05, 3.63) is 71.3 Å². The van der Waals surface area contributed by atoms with Crippen LogP contribution in [0.5, 0.6) is 23.0 Å². The standard InChI is InChI=1S/C38H42F2N2O2/c39-31-11-27(1-3-33(31)41)43-35-14-36(44-28-2-4-34(42)32(40)12-28)30(38-18-24-8-25(19-38)10-26(9-24)20-38)13-29(35)37-15-21-5-22(16-37)7-23(6-21)17-37/h1-4,11-14,21-26H,5-10,15-20,41-42H2. The van der Waals surface area contributed by atoms with Crippen molar-refractivity contribution in [2.24, 2.45) is 35.5 Å². The van der Waals surface area contributed by atoms with Gasteiger partial charge in [-0.2, -0.15) is 0 Å². The van der Waals surface area contributed by atoms with E-state index < -0.39 is 11.6 Å². The third-order valence-corrected chi connectivity index (χ3v) is 12.7. The number of hydrogen-bond acceptors (Lipinski definition) is 4. The summed E-state index contributed by atoms with van der Waals surface area (Å²) in [6, 6.07) is 13.9. The quantitative estimate of drug-likeness (QED) is 0.278. The molecular formula is C38H42F2N2O2. The fourth-order valence-electron chi connectivity index (χ4n) is 11.8. The SMILES string of the molecule is Nc1ccc(Oc2cc(Oc3ccc(N)c(F)c3)c(C34CC5CC(CC(C5)C3)C4)cc2C23CC4CC(CC(C4)C2)C3)cc1F. The Balaban J connectivity index is 1.23. The van der Waals surface area contributed by atoms with Crippen LogP contribution in [0.3, 0.4) is 0 Å². The molecule has 4 N–H and O–H groups in total. The molecule has 44 heavy (non-hydrogen) atoms. The van der Waals surface area contributed by atoms with E-state index in [1.165, 1.54) is 100 Å². The summed E-state index contributed by atoms with van der Waals surface area (Å²) in [7, 11) is 0. The summed E-state index contributed by atoms with van der Waals surface area (Å²) in [5.41, 5.74) is 14.5. The van der Waals surface area contributed by atoms with Gasteiger partial charge in [-0.25, -0.2) is 8.78 Å². The molecule has 3 aromatic rings. The van der Waals surface area contributed by atoms with Crippen LogP contribution in [-0.2, 0) is 10.8 Å². The molecule has 8 bridgehead atoms. The van der Waals surface area contributed by atoms with E-state index in [0.717, 1.165) is 47.0 Å². The highest BCUT2D eigenvalue weighted by Gasteiger charge is 2.55. The molecule has 0 radical (unpaired) electrons. The summed E-state index contributed by atoms with van der Waals surface area (Å²) in [6.07, 6.45) is 15.2. The number of rotatable bonds is 6. The Morgan fingerprint density at radius 3 is 1.16 bits per heavy atom. The van der Waals surface area contributed by atoms with Gasteiger partial charge in [-0.05, 0) is 154 Å². The smallest absolute Gasteiger partial charge is 0.149 e. The van der Waals surface area contributed by atoms with Crippen LogP contribution in [0.4, 0.5) is 20.2 Å². The summed E-state index contributed by atoms with van der Waals surface area (Å²) in [6.45, 7) is 0. The van der Waals surface area contributed by atoms with Crippen molar-refractivity contribution in [1.82, 2.24) is 0 Å². The van der Waals surface area contributed by atoms with Gasteiger partial charge in [-0.15, -0.1) is 0 Å². The van der Waals surface area contributed by atoms with Crippen molar-refractivity contribution < 1.29 is 18.3 Å². The van der Waals surface area contributed by atoms with Crippen molar-refractivity contribution in [3.63, 3.8) is 0 Å². The van der Waals surface area contributed by atoms with E-state index in [-0.39, 0.29) is 22.2 Å². The van der Waals surface area contributed by atoms with Crippen LogP contribution >= 0.6 is 0 Å². The Labute approximate surface area is 258 Å². The van der Waals surface area contributed by atoms with Crippen molar-refractivity contribution in [3.8, 4) is 23.0 Å². The molecule has 0 spiro atoms. The maximum Gasteiger partial charge on any atom is 0.149 e. The van der Waals surface area contributed by atoms with Gasteiger partial charge < -0.3 is 20.9 Å². The Hall–Kier alpha value is -3.28. The van der Waals surface area contributed by atoms with Gasteiger partial charge >= 0.3 is 0 Å². The number of nitrogen functional groups attached to an aromatic ring is 2. The first-order chi connectivity index (χ1) is 21.2. The highest BCUT2D eigenvalue weighted by molar-refractivity contribution is 5.57. The summed E-state index contributed by atoms with van der Waals surface area (Å²) in [5.74, 6) is 5.92. The molecule has 230 valence electrons. The predicted molar refractivity (Wildman–Crippen MR) is 168 cm³/mol. The summed E-state index contributed by atoms with van der Waals surface area (Å²) in [5, 5.41) is 0. The Morgan fingerprint density at radius 1 is 0.500 bits per heavy atom. The minimum Gasteiger partial charge on any atom is -0.457 e. The lowest BCUT2D eigenvalue weighted by atomic mass is 9.46. The van der Waals surface area contributed by atoms with E-state index in [0.29, 0.717) is 11.5 Å². The zero-order chi connectivity index (χ0) is 29.8. The zero-order valence-electron chi connectivity index (χ0n) is 25.3. The number of halogens is 2. The molecule has 8 aliphatic carbocycles. The van der Waals surface area contributed by atoms with Gasteiger partial charge in [0.2, 0.25) is 0 Å². The minimum absolute atomic E-state index is 0.0549. The van der Waals surface area contributed by atoms with Crippen LogP contribution in [0.25, 0.3) is 0 Å². The molecule has 0 amide bonds. The fraction of sp³-hybridized carbons (Fsp3) is 0.526. The second kappa shape index (κ2) is 9.61. The highest BCUT2D eigenvalue weighted by atomic mass is 19.1. The summed E-state index contributed by atoms with van der Waals surface area (Å²) in [4.78, 5) is 0. The Kier molecular flexibility index (Phi) is 5.91. The lowest BCUT2D eigenvalue weighted by molar-refractivity contribution is -0.00937. The third-order valence-electron chi connectivity index (χ3n) is 12.7. The molecular weight excluding hydrogens is 554 g/mol. The van der Waals surface area contributed by atoms with Gasteiger partial charge in [-0.3, -0.25) is 0 Å². The van der Waals surface area contributed by atoms with Crippen LogP contribution in [-0.4, -0.2) is 0 Å². The van der Waals surface area contributed by atoms with Gasteiger partial charge in [-0.1, -0.05) is 0 Å². The monoisotopic (exact) mass is 596 g/mol. The number of ether oxygens (including phenoxy) is 2. The van der Waals surface area contributed by atoms with E-state index in [4.69, 9.17) is 20.9 Å². The van der Waals surface area contributed by atoms with E-state index in [9.17, 15) is 8.78 Å². The third kappa shape index (κ3) is 4.34. The van der Waals surface area contributed by atoms with Crippen molar-refractivity contribution in [2.45, 2.75) is 87.9 Å². The van der Waals surface area contributed by atoms with Crippen molar-refractivity contribution in [2.75, 3.05) is 11.5 Å². The topological polar surface area (TPSA) is 70.5 Å². The summed E-state index contributed by atoms with van der Waals surface area (Å²) >= 11 is 0. The first kappa shape index (κ1) is 27.1. The van der Waals surface area contributed by atoms with E-state index in [1.54, 1.807) is 24.3 Å². The van der Waals surface area contributed by atoms with Gasteiger partial charge in [0.05, 0.1) is 11.4 Å². The second-order valence-electron chi connectivity index (χ2n) is 15.8. The molecule has 11 rings (SSSR count). The Morgan fingerprint density at radius 2 is 0.841 bits per heavy atom.